The molecule has 1 unspecified atom stereocenters. The van der Waals surface area contributed by atoms with E-state index in [0.717, 1.165) is 11.3 Å². The second kappa shape index (κ2) is 5.85. The van der Waals surface area contributed by atoms with Crippen LogP contribution in [0.4, 0.5) is 10.1 Å². The highest BCUT2D eigenvalue weighted by Gasteiger charge is 2.11. The van der Waals surface area contributed by atoms with Crippen molar-refractivity contribution in [2.45, 2.75) is 13.0 Å². The van der Waals surface area contributed by atoms with Crippen LogP contribution >= 0.6 is 0 Å². The highest BCUT2D eigenvalue weighted by atomic mass is 19.1. The average molecular weight is 258 g/mol. The average Bonchev–Trinajstić information content (AvgIpc) is 2.39. The lowest BCUT2D eigenvalue weighted by Crippen LogP contribution is -2.29. The molecule has 19 heavy (non-hydrogen) atoms. The van der Waals surface area contributed by atoms with E-state index >= 15 is 0 Å². The van der Waals surface area contributed by atoms with Gasteiger partial charge in [0.25, 0.3) is 0 Å². The summed E-state index contributed by atoms with van der Waals surface area (Å²) in [6.45, 7) is 2.75. The second-order valence-electron chi connectivity index (χ2n) is 4.82. The monoisotopic (exact) mass is 258 g/mol. The lowest BCUT2D eigenvalue weighted by Gasteiger charge is -2.24. The normalized spacial score (nSPS) is 12.2. The smallest absolute Gasteiger partial charge is 0.123 e. The zero-order valence-electron chi connectivity index (χ0n) is 11.3. The molecule has 2 N–H and O–H groups in total. The van der Waals surface area contributed by atoms with Gasteiger partial charge in [-0.1, -0.05) is 24.3 Å². The van der Waals surface area contributed by atoms with E-state index in [-0.39, 0.29) is 11.9 Å². The van der Waals surface area contributed by atoms with Crippen LogP contribution in [0, 0.1) is 12.7 Å². The van der Waals surface area contributed by atoms with E-state index in [2.05, 4.69) is 19.1 Å². The quantitative estimate of drug-likeness (QED) is 0.912. The van der Waals surface area contributed by atoms with Gasteiger partial charge >= 0.3 is 0 Å². The molecule has 2 nitrogen and oxygen atoms in total. The van der Waals surface area contributed by atoms with Gasteiger partial charge in [-0.25, -0.2) is 4.39 Å². The highest BCUT2D eigenvalue weighted by Crippen LogP contribution is 2.19. The van der Waals surface area contributed by atoms with Crippen LogP contribution in [-0.2, 0) is 0 Å². The van der Waals surface area contributed by atoms with E-state index in [0.29, 0.717) is 6.54 Å². The zero-order valence-corrected chi connectivity index (χ0v) is 11.3. The van der Waals surface area contributed by atoms with Crippen molar-refractivity contribution in [3.05, 3.63) is 65.5 Å². The molecule has 0 spiro atoms. The van der Waals surface area contributed by atoms with E-state index in [4.69, 9.17) is 5.73 Å². The van der Waals surface area contributed by atoms with Gasteiger partial charge in [0.2, 0.25) is 0 Å². The van der Waals surface area contributed by atoms with Crippen LogP contribution in [0.25, 0.3) is 0 Å². The molecule has 0 bridgehead atoms. The fraction of sp³-hybridized carbons (Fsp3) is 0.250. The maximum absolute atomic E-state index is 12.9. The lowest BCUT2D eigenvalue weighted by atomic mass is 10.0. The summed E-state index contributed by atoms with van der Waals surface area (Å²) in [6, 6.07) is 14.5. The van der Waals surface area contributed by atoms with Crippen molar-refractivity contribution in [2.75, 3.05) is 18.5 Å². The molecule has 0 aliphatic heterocycles. The van der Waals surface area contributed by atoms with Gasteiger partial charge in [-0.05, 0) is 42.3 Å². The molecular formula is C16H19FN2. The summed E-state index contributed by atoms with van der Waals surface area (Å²) in [7, 11) is 1.96. The molecular weight excluding hydrogens is 239 g/mol. The number of anilines is 1. The van der Waals surface area contributed by atoms with Crippen molar-refractivity contribution in [2.24, 2.45) is 5.73 Å². The molecule has 0 amide bonds. The highest BCUT2D eigenvalue weighted by molar-refractivity contribution is 5.46. The predicted octanol–water partition coefficient (Wildman–Crippen LogP) is 3.27. The predicted molar refractivity (Wildman–Crippen MR) is 77.8 cm³/mol. The SMILES string of the molecule is Cc1ccccc1C(N)CN(C)c1ccc(F)cc1. The maximum Gasteiger partial charge on any atom is 0.123 e. The molecule has 0 radical (unpaired) electrons. The van der Waals surface area contributed by atoms with Crippen molar-refractivity contribution in [3.8, 4) is 0 Å². The molecule has 0 heterocycles. The molecule has 0 aromatic heterocycles. The fourth-order valence-electron chi connectivity index (χ4n) is 2.20. The first-order chi connectivity index (χ1) is 9.08. The van der Waals surface area contributed by atoms with Gasteiger partial charge in [0.05, 0.1) is 0 Å². The van der Waals surface area contributed by atoms with Crippen LogP contribution in [-0.4, -0.2) is 13.6 Å². The van der Waals surface area contributed by atoms with Crippen molar-refractivity contribution in [1.29, 1.82) is 0 Å². The number of hydrogen-bond donors (Lipinski definition) is 1. The number of rotatable bonds is 4. The summed E-state index contributed by atoms with van der Waals surface area (Å²) >= 11 is 0. The molecule has 0 saturated carbocycles. The van der Waals surface area contributed by atoms with E-state index in [1.165, 1.54) is 17.7 Å². The summed E-state index contributed by atoms with van der Waals surface area (Å²) in [5.41, 5.74) is 9.56. The van der Waals surface area contributed by atoms with Gasteiger partial charge in [-0.3, -0.25) is 0 Å². The molecule has 100 valence electrons. The topological polar surface area (TPSA) is 29.3 Å². The number of nitrogens with zero attached hydrogens (tertiary/aromatic N) is 1. The maximum atomic E-state index is 12.9. The first-order valence-electron chi connectivity index (χ1n) is 6.36. The van der Waals surface area contributed by atoms with E-state index in [1.807, 2.05) is 24.1 Å². The zero-order chi connectivity index (χ0) is 13.8. The Kier molecular flexibility index (Phi) is 4.17. The number of halogens is 1. The molecule has 0 saturated heterocycles. The largest absolute Gasteiger partial charge is 0.373 e. The van der Waals surface area contributed by atoms with Crippen LogP contribution < -0.4 is 10.6 Å². The van der Waals surface area contributed by atoms with Crippen molar-refractivity contribution in [1.82, 2.24) is 0 Å². The molecule has 1 atom stereocenters. The van der Waals surface area contributed by atoms with Crippen LogP contribution in [0.3, 0.4) is 0 Å². The van der Waals surface area contributed by atoms with Gasteiger partial charge in [0, 0.05) is 25.3 Å². The molecule has 3 heteroatoms. The van der Waals surface area contributed by atoms with Crippen molar-refractivity contribution >= 4 is 5.69 Å². The third-order valence-electron chi connectivity index (χ3n) is 3.33. The van der Waals surface area contributed by atoms with Crippen LogP contribution in [0.1, 0.15) is 17.2 Å². The van der Waals surface area contributed by atoms with Gasteiger partial charge in [-0.15, -0.1) is 0 Å². The summed E-state index contributed by atoms with van der Waals surface area (Å²) in [4.78, 5) is 2.04. The fourth-order valence-corrected chi connectivity index (χ4v) is 2.20. The number of likely N-dealkylation sites (N-methyl/N-ethyl adjacent to an activating group) is 1. The minimum absolute atomic E-state index is 0.0590. The molecule has 2 rings (SSSR count). The summed E-state index contributed by atoms with van der Waals surface area (Å²) in [6.07, 6.45) is 0. The Morgan fingerprint density at radius 2 is 1.74 bits per heavy atom. The standard InChI is InChI=1S/C16H19FN2/c1-12-5-3-4-6-15(12)16(18)11-19(2)14-9-7-13(17)8-10-14/h3-10,16H,11,18H2,1-2H3. The van der Waals surface area contributed by atoms with Crippen LogP contribution in [0.5, 0.6) is 0 Å². The Morgan fingerprint density at radius 3 is 2.37 bits per heavy atom. The van der Waals surface area contributed by atoms with Crippen LogP contribution in [0.15, 0.2) is 48.5 Å². The number of benzene rings is 2. The Hall–Kier alpha value is -1.87. The Labute approximate surface area is 113 Å². The summed E-state index contributed by atoms with van der Waals surface area (Å²) in [5, 5.41) is 0. The molecule has 0 aliphatic carbocycles. The Balaban J connectivity index is 2.08. The minimum atomic E-state index is -0.222. The van der Waals surface area contributed by atoms with Gasteiger partial charge < -0.3 is 10.6 Å². The number of aryl methyl sites for hydroxylation is 1. The third kappa shape index (κ3) is 3.32. The van der Waals surface area contributed by atoms with E-state index < -0.39 is 0 Å². The first-order valence-corrected chi connectivity index (χ1v) is 6.36. The Morgan fingerprint density at radius 1 is 1.11 bits per heavy atom. The lowest BCUT2D eigenvalue weighted by molar-refractivity contribution is 0.627. The number of nitrogens with two attached hydrogens (primary N) is 1. The minimum Gasteiger partial charge on any atom is -0.373 e. The van der Waals surface area contributed by atoms with E-state index in [9.17, 15) is 4.39 Å². The van der Waals surface area contributed by atoms with E-state index in [1.54, 1.807) is 12.1 Å². The van der Waals surface area contributed by atoms with Gasteiger partial charge in [0.1, 0.15) is 5.82 Å². The Bertz CT molecular complexity index is 537. The first kappa shape index (κ1) is 13.6. The summed E-state index contributed by atoms with van der Waals surface area (Å²) < 4.78 is 12.9. The van der Waals surface area contributed by atoms with Gasteiger partial charge in [0.15, 0.2) is 0 Å². The molecule has 0 aliphatic rings. The molecule has 2 aromatic carbocycles. The van der Waals surface area contributed by atoms with Gasteiger partial charge in [-0.2, -0.15) is 0 Å². The van der Waals surface area contributed by atoms with Crippen molar-refractivity contribution < 1.29 is 4.39 Å². The summed E-state index contributed by atoms with van der Waals surface area (Å²) in [5.74, 6) is -0.222. The second-order valence-corrected chi connectivity index (χ2v) is 4.82. The number of hydrogen-bond acceptors (Lipinski definition) is 2. The third-order valence-corrected chi connectivity index (χ3v) is 3.33. The molecule has 2 aromatic rings. The van der Waals surface area contributed by atoms with Crippen LogP contribution in [0.2, 0.25) is 0 Å². The molecule has 0 fully saturated rings. The van der Waals surface area contributed by atoms with Crippen molar-refractivity contribution in [3.63, 3.8) is 0 Å².